The third-order valence-corrected chi connectivity index (χ3v) is 5.71. The van der Waals surface area contributed by atoms with E-state index in [0.717, 1.165) is 51.2 Å². The zero-order valence-electron chi connectivity index (χ0n) is 15.5. The van der Waals surface area contributed by atoms with Crippen molar-refractivity contribution in [3.8, 4) is 0 Å². The first-order chi connectivity index (χ1) is 12.7. The molecule has 1 fully saturated rings. The summed E-state index contributed by atoms with van der Waals surface area (Å²) in [6.07, 6.45) is 5.34. The quantitative estimate of drug-likeness (QED) is 0.848. The zero-order valence-corrected chi connectivity index (χ0v) is 15.5. The molecule has 26 heavy (non-hydrogen) atoms. The number of nitrogens with zero attached hydrogens (tertiary/aromatic N) is 3. The van der Waals surface area contributed by atoms with Crippen LogP contribution in [-0.4, -0.2) is 53.1 Å². The minimum absolute atomic E-state index is 0.00439. The number of fused-ring (bicyclic) bond motifs is 1. The smallest absolute Gasteiger partial charge is 0.276 e. The lowest BCUT2D eigenvalue weighted by atomic mass is 9.87. The summed E-state index contributed by atoms with van der Waals surface area (Å²) in [4.78, 5) is 17.1. The van der Waals surface area contributed by atoms with Crippen LogP contribution >= 0.6 is 0 Å². The minimum atomic E-state index is 0.00439. The summed E-state index contributed by atoms with van der Waals surface area (Å²) >= 11 is 0. The molecule has 2 aliphatic rings. The van der Waals surface area contributed by atoms with E-state index in [0.29, 0.717) is 11.7 Å². The van der Waals surface area contributed by atoms with Crippen LogP contribution in [0, 0.1) is 0 Å². The Morgan fingerprint density at radius 2 is 1.96 bits per heavy atom. The summed E-state index contributed by atoms with van der Waals surface area (Å²) in [5, 5.41) is 3.96. The lowest BCUT2D eigenvalue weighted by Gasteiger charge is -2.41. The molecule has 1 aromatic heterocycles. The molecule has 2 heterocycles. The molecule has 1 aliphatic carbocycles. The van der Waals surface area contributed by atoms with Crippen molar-refractivity contribution >= 4 is 5.91 Å². The van der Waals surface area contributed by atoms with Gasteiger partial charge in [0.1, 0.15) is 5.76 Å². The van der Waals surface area contributed by atoms with E-state index in [1.165, 1.54) is 24.0 Å². The van der Waals surface area contributed by atoms with Gasteiger partial charge in [0.15, 0.2) is 5.69 Å². The molecule has 5 heteroatoms. The van der Waals surface area contributed by atoms with E-state index in [9.17, 15) is 4.79 Å². The highest BCUT2D eigenvalue weighted by Crippen LogP contribution is 2.25. The number of carbonyl (C=O) groups is 1. The predicted octanol–water partition coefficient (Wildman–Crippen LogP) is 2.94. The Morgan fingerprint density at radius 1 is 1.19 bits per heavy atom. The number of benzene rings is 1. The molecular formula is C21H27N3O2. The molecule has 138 valence electrons. The SMILES string of the molecule is CCCc1cc(C(=O)N2CCN(C3CCc4ccccc4C3)CC2)no1. The van der Waals surface area contributed by atoms with Gasteiger partial charge in [-0.2, -0.15) is 0 Å². The third-order valence-electron chi connectivity index (χ3n) is 5.71. The van der Waals surface area contributed by atoms with Crippen molar-refractivity contribution < 1.29 is 9.32 Å². The van der Waals surface area contributed by atoms with Gasteiger partial charge in [-0.3, -0.25) is 9.69 Å². The summed E-state index contributed by atoms with van der Waals surface area (Å²) in [5.74, 6) is 0.806. The van der Waals surface area contributed by atoms with Crippen molar-refractivity contribution in [2.45, 2.75) is 45.1 Å². The molecule has 0 saturated carbocycles. The highest BCUT2D eigenvalue weighted by atomic mass is 16.5. The molecule has 1 aliphatic heterocycles. The fourth-order valence-electron chi connectivity index (χ4n) is 4.22. The van der Waals surface area contributed by atoms with E-state index in [2.05, 4.69) is 41.2 Å². The molecule has 1 unspecified atom stereocenters. The number of carbonyl (C=O) groups excluding carboxylic acids is 1. The summed E-state index contributed by atoms with van der Waals surface area (Å²) < 4.78 is 5.26. The van der Waals surface area contributed by atoms with Gasteiger partial charge in [0, 0.05) is 44.7 Å². The van der Waals surface area contributed by atoms with Crippen LogP contribution < -0.4 is 0 Å². The van der Waals surface area contributed by atoms with Crippen LogP contribution in [-0.2, 0) is 19.3 Å². The Bertz CT molecular complexity index is 762. The number of amides is 1. The molecule has 0 bridgehead atoms. The maximum absolute atomic E-state index is 12.6. The fourth-order valence-corrected chi connectivity index (χ4v) is 4.22. The van der Waals surface area contributed by atoms with Crippen LogP contribution in [0.4, 0.5) is 0 Å². The van der Waals surface area contributed by atoms with Gasteiger partial charge in [0.25, 0.3) is 5.91 Å². The molecule has 1 aromatic carbocycles. The Labute approximate surface area is 155 Å². The maximum atomic E-state index is 12.6. The van der Waals surface area contributed by atoms with E-state index < -0.39 is 0 Å². The Kier molecular flexibility index (Phi) is 5.07. The highest BCUT2D eigenvalue weighted by molar-refractivity contribution is 5.92. The van der Waals surface area contributed by atoms with Crippen LogP contribution in [0.5, 0.6) is 0 Å². The highest BCUT2D eigenvalue weighted by Gasteiger charge is 2.29. The Morgan fingerprint density at radius 3 is 2.73 bits per heavy atom. The van der Waals surface area contributed by atoms with Gasteiger partial charge in [0.2, 0.25) is 0 Å². The second-order valence-corrected chi connectivity index (χ2v) is 7.42. The fraction of sp³-hybridized carbons (Fsp3) is 0.524. The summed E-state index contributed by atoms with van der Waals surface area (Å²) in [6, 6.07) is 11.2. The van der Waals surface area contributed by atoms with Crippen molar-refractivity contribution in [3.05, 3.63) is 52.9 Å². The first-order valence-corrected chi connectivity index (χ1v) is 9.80. The molecule has 1 atom stereocenters. The maximum Gasteiger partial charge on any atom is 0.276 e. The molecule has 0 N–H and O–H groups in total. The molecule has 1 amide bonds. The first kappa shape index (κ1) is 17.3. The van der Waals surface area contributed by atoms with Crippen molar-refractivity contribution in [2.75, 3.05) is 26.2 Å². The number of rotatable bonds is 4. The average molecular weight is 353 g/mol. The normalized spacial score (nSPS) is 20.8. The van der Waals surface area contributed by atoms with Crippen LogP contribution in [0.25, 0.3) is 0 Å². The van der Waals surface area contributed by atoms with Crippen LogP contribution in [0.3, 0.4) is 0 Å². The van der Waals surface area contributed by atoms with E-state index >= 15 is 0 Å². The number of aryl methyl sites for hydroxylation is 2. The average Bonchev–Trinajstić information content (AvgIpc) is 3.16. The second kappa shape index (κ2) is 7.62. The summed E-state index contributed by atoms with van der Waals surface area (Å²) in [7, 11) is 0. The van der Waals surface area contributed by atoms with Gasteiger partial charge in [0.05, 0.1) is 0 Å². The summed E-state index contributed by atoms with van der Waals surface area (Å²) in [5.41, 5.74) is 3.45. The predicted molar refractivity (Wildman–Crippen MR) is 100 cm³/mol. The molecule has 0 radical (unpaired) electrons. The van der Waals surface area contributed by atoms with Crippen molar-refractivity contribution in [3.63, 3.8) is 0 Å². The second-order valence-electron chi connectivity index (χ2n) is 7.42. The van der Waals surface area contributed by atoms with Gasteiger partial charge in [-0.05, 0) is 36.8 Å². The monoisotopic (exact) mass is 353 g/mol. The molecule has 2 aromatic rings. The zero-order chi connectivity index (χ0) is 17.9. The van der Waals surface area contributed by atoms with E-state index in [1.807, 2.05) is 4.90 Å². The van der Waals surface area contributed by atoms with Gasteiger partial charge in [-0.25, -0.2) is 0 Å². The van der Waals surface area contributed by atoms with E-state index in [-0.39, 0.29) is 5.91 Å². The third kappa shape index (κ3) is 3.54. The topological polar surface area (TPSA) is 49.6 Å². The largest absolute Gasteiger partial charge is 0.361 e. The van der Waals surface area contributed by atoms with Gasteiger partial charge in [-0.15, -0.1) is 0 Å². The number of aromatic nitrogens is 1. The van der Waals surface area contributed by atoms with Gasteiger partial charge < -0.3 is 9.42 Å². The Hall–Kier alpha value is -2.14. The minimum Gasteiger partial charge on any atom is -0.361 e. The van der Waals surface area contributed by atoms with E-state index in [4.69, 9.17) is 4.52 Å². The van der Waals surface area contributed by atoms with Crippen molar-refractivity contribution in [1.82, 2.24) is 15.0 Å². The van der Waals surface area contributed by atoms with Crippen LogP contribution in [0.1, 0.15) is 47.1 Å². The molecule has 4 rings (SSSR count). The van der Waals surface area contributed by atoms with Gasteiger partial charge in [-0.1, -0.05) is 36.3 Å². The summed E-state index contributed by atoms with van der Waals surface area (Å²) in [6.45, 7) is 5.52. The Balaban J connectivity index is 1.33. The lowest BCUT2D eigenvalue weighted by molar-refractivity contribution is 0.0544. The first-order valence-electron chi connectivity index (χ1n) is 9.80. The van der Waals surface area contributed by atoms with Gasteiger partial charge >= 0.3 is 0 Å². The van der Waals surface area contributed by atoms with Crippen LogP contribution in [0.15, 0.2) is 34.9 Å². The molecule has 1 saturated heterocycles. The van der Waals surface area contributed by atoms with E-state index in [1.54, 1.807) is 6.07 Å². The number of piperazine rings is 1. The number of hydrogen-bond donors (Lipinski definition) is 0. The lowest BCUT2D eigenvalue weighted by Crippen LogP contribution is -2.53. The molecule has 5 nitrogen and oxygen atoms in total. The van der Waals surface area contributed by atoms with Crippen molar-refractivity contribution in [2.24, 2.45) is 0 Å². The number of hydrogen-bond acceptors (Lipinski definition) is 4. The van der Waals surface area contributed by atoms with Crippen molar-refractivity contribution in [1.29, 1.82) is 0 Å². The molecular weight excluding hydrogens is 326 g/mol. The van der Waals surface area contributed by atoms with Crippen LogP contribution in [0.2, 0.25) is 0 Å². The standard InChI is InChI=1S/C21H27N3O2/c1-2-5-19-15-20(22-26-19)21(25)24-12-10-23(11-13-24)18-9-8-16-6-3-4-7-17(16)14-18/h3-4,6-7,15,18H,2,5,8-14H2,1H3. The molecule has 0 spiro atoms.